The lowest BCUT2D eigenvalue weighted by Crippen LogP contribution is -2.06. The molecule has 0 fully saturated rings. The van der Waals surface area contributed by atoms with Crippen molar-refractivity contribution in [1.29, 1.82) is 5.26 Å². The van der Waals surface area contributed by atoms with E-state index in [1.165, 1.54) is 19.6 Å². The summed E-state index contributed by atoms with van der Waals surface area (Å²) >= 11 is 0. The van der Waals surface area contributed by atoms with Gasteiger partial charge in [0.05, 0.1) is 28.4 Å². The molecule has 0 atom stereocenters. The third-order valence-electron chi connectivity index (χ3n) is 9.55. The molecule has 2 heterocycles. The molecule has 0 aliphatic heterocycles. The van der Waals surface area contributed by atoms with Gasteiger partial charge in [0.25, 0.3) is 0 Å². The van der Waals surface area contributed by atoms with Crippen LogP contribution in [0.25, 0.3) is 50.3 Å². The topological polar surface area (TPSA) is 54.5 Å². The molecule has 0 aliphatic rings. The quantitative estimate of drug-likeness (QED) is 0.168. The molecule has 0 spiro atoms. The van der Waals surface area contributed by atoms with Crippen LogP contribution in [0, 0.1) is 11.3 Å². The first-order chi connectivity index (χ1) is 25.7. The fourth-order valence-electron chi connectivity index (χ4n) is 7.24. The summed E-state index contributed by atoms with van der Waals surface area (Å²) in [6.45, 7) is 0. The van der Waals surface area contributed by atoms with Crippen molar-refractivity contribution in [2.24, 2.45) is 0 Å². The number of hydrogen-bond acceptors (Lipinski definition) is 3. The van der Waals surface area contributed by atoms with Gasteiger partial charge in [0.15, 0.2) is 5.82 Å². The Morgan fingerprint density at radius 3 is 1.62 bits per heavy atom. The van der Waals surface area contributed by atoms with Gasteiger partial charge in [-0.1, -0.05) is 115 Å². The van der Waals surface area contributed by atoms with Gasteiger partial charge in [-0.15, -0.1) is 10.0 Å². The molecule has 0 amide bonds. The zero-order chi connectivity index (χ0) is 34.9. The van der Waals surface area contributed by atoms with Crippen LogP contribution in [0.4, 0.5) is 0 Å². The van der Waals surface area contributed by atoms with Gasteiger partial charge in [-0.05, 0) is 72.8 Å². The molecule has 0 saturated carbocycles. The fraction of sp³-hybridized carbons (Fsp3) is 0. The van der Waals surface area contributed by atoms with Crippen molar-refractivity contribution in [3.63, 3.8) is 0 Å². The Balaban J connectivity index is 1.32. The molecule has 0 unspecified atom stereocenters. The first kappa shape index (κ1) is 31.3. The summed E-state index contributed by atoms with van der Waals surface area (Å²) in [4.78, 5) is 15.5. The molecule has 0 bridgehead atoms. The van der Waals surface area contributed by atoms with E-state index in [-0.39, 0.29) is 0 Å². The largest absolute Gasteiger partial charge is 0.294 e. The Bertz CT molecular complexity index is 2640. The Morgan fingerprint density at radius 1 is 0.442 bits per heavy atom. The molecule has 9 rings (SSSR count). The number of fused-ring (bicyclic) bond motifs is 3. The van der Waals surface area contributed by atoms with E-state index >= 15 is 0 Å². The first-order valence-corrected chi connectivity index (χ1v) is 18.8. The monoisotopic (exact) mass is 684 g/mol. The summed E-state index contributed by atoms with van der Waals surface area (Å²) in [7, 11) is -1.90. The maximum absolute atomic E-state index is 9.74. The zero-order valence-corrected chi connectivity index (χ0v) is 29.0. The third kappa shape index (κ3) is 5.25. The summed E-state index contributed by atoms with van der Waals surface area (Å²) < 4.78 is 2.20. The minimum absolute atomic E-state index is 0.627. The van der Waals surface area contributed by atoms with E-state index in [4.69, 9.17) is 9.97 Å². The van der Waals surface area contributed by atoms with Crippen molar-refractivity contribution in [2.75, 3.05) is 0 Å². The molecule has 9 aromatic rings. The van der Waals surface area contributed by atoms with E-state index in [1.807, 2.05) is 48.5 Å². The highest BCUT2D eigenvalue weighted by Gasteiger charge is 2.33. The zero-order valence-electron chi connectivity index (χ0n) is 28.2. The lowest BCUT2D eigenvalue weighted by atomic mass is 10.1. The molecular formula is C47H32N4S. The molecule has 0 radical (unpaired) electrons. The van der Waals surface area contributed by atoms with E-state index in [2.05, 4.69) is 156 Å². The lowest BCUT2D eigenvalue weighted by Gasteiger charge is -2.42. The predicted octanol–water partition coefficient (Wildman–Crippen LogP) is 12.1. The molecule has 0 saturated heterocycles. The van der Waals surface area contributed by atoms with Crippen LogP contribution in [0.3, 0.4) is 0 Å². The minimum atomic E-state index is -1.90. The summed E-state index contributed by atoms with van der Waals surface area (Å²) in [5.41, 5.74) is 5.40. The predicted molar refractivity (Wildman–Crippen MR) is 212 cm³/mol. The van der Waals surface area contributed by atoms with Gasteiger partial charge in [-0.25, -0.2) is 9.97 Å². The molecular weight excluding hydrogens is 653 g/mol. The van der Waals surface area contributed by atoms with Crippen LogP contribution < -0.4 is 0 Å². The molecule has 246 valence electrons. The smallest absolute Gasteiger partial charge is 0.162 e. The van der Waals surface area contributed by atoms with Crippen molar-refractivity contribution >= 4 is 31.8 Å². The van der Waals surface area contributed by atoms with E-state index in [9.17, 15) is 5.26 Å². The van der Waals surface area contributed by atoms with E-state index < -0.39 is 10.0 Å². The number of aromatic nitrogens is 3. The highest BCUT2D eigenvalue weighted by atomic mass is 32.3. The molecule has 5 heteroatoms. The van der Waals surface area contributed by atoms with Crippen molar-refractivity contribution in [1.82, 2.24) is 14.5 Å². The normalized spacial score (nSPS) is 11.8. The highest BCUT2D eigenvalue weighted by Crippen LogP contribution is 2.73. The summed E-state index contributed by atoms with van der Waals surface area (Å²) in [6, 6.07) is 70.3. The maximum Gasteiger partial charge on any atom is 0.162 e. The highest BCUT2D eigenvalue weighted by molar-refractivity contribution is 8.34. The van der Waals surface area contributed by atoms with Gasteiger partial charge in [-0.3, -0.25) is 4.57 Å². The van der Waals surface area contributed by atoms with Crippen LogP contribution in [0.15, 0.2) is 214 Å². The number of para-hydroxylation sites is 1. The Labute approximate surface area is 304 Å². The number of benzene rings is 7. The Morgan fingerprint density at radius 2 is 0.981 bits per heavy atom. The van der Waals surface area contributed by atoms with Gasteiger partial charge in [0.2, 0.25) is 0 Å². The second kappa shape index (κ2) is 13.2. The van der Waals surface area contributed by atoms with Crippen molar-refractivity contribution in [3.8, 4) is 34.5 Å². The van der Waals surface area contributed by atoms with Crippen LogP contribution >= 0.6 is 10.0 Å². The van der Waals surface area contributed by atoms with E-state index in [0.717, 1.165) is 44.4 Å². The second-order valence-corrected chi connectivity index (χ2v) is 15.7. The molecule has 7 aromatic carbocycles. The second-order valence-electron chi connectivity index (χ2n) is 12.6. The average molecular weight is 685 g/mol. The standard InChI is InChI=1S/C47H32N4S/c48-33-34-28-29-45-42(30-34)41-26-13-14-27-44(41)51(45)46-32-43(49-47(50-46)35-16-5-1-6-17-35)36-18-15-25-40(31-36)52(37-19-7-2-8-20-37,38-21-9-3-10-22-38)39-23-11-4-12-24-39/h1-32H. The average Bonchev–Trinajstić information content (AvgIpc) is 3.56. The maximum atomic E-state index is 9.74. The first-order valence-electron chi connectivity index (χ1n) is 17.2. The van der Waals surface area contributed by atoms with E-state index in [1.54, 1.807) is 0 Å². The van der Waals surface area contributed by atoms with Crippen molar-refractivity contribution in [3.05, 3.63) is 200 Å². The van der Waals surface area contributed by atoms with Gasteiger partial charge in [0.1, 0.15) is 5.82 Å². The molecule has 52 heavy (non-hydrogen) atoms. The molecule has 2 aromatic heterocycles. The van der Waals surface area contributed by atoms with Gasteiger partial charge in [-0.2, -0.15) is 5.26 Å². The molecule has 4 nitrogen and oxygen atoms in total. The molecule has 0 N–H and O–H groups in total. The molecule has 0 aliphatic carbocycles. The summed E-state index contributed by atoms with van der Waals surface area (Å²) in [5, 5.41) is 11.8. The van der Waals surface area contributed by atoms with Crippen LogP contribution in [0.2, 0.25) is 0 Å². The van der Waals surface area contributed by atoms with Crippen LogP contribution in [-0.2, 0) is 0 Å². The van der Waals surface area contributed by atoms with Crippen LogP contribution in [0.5, 0.6) is 0 Å². The minimum Gasteiger partial charge on any atom is -0.294 e. The number of nitrogens with zero attached hydrogens (tertiary/aromatic N) is 4. The van der Waals surface area contributed by atoms with Gasteiger partial charge in [0, 0.05) is 47.5 Å². The van der Waals surface area contributed by atoms with Gasteiger partial charge < -0.3 is 0 Å². The van der Waals surface area contributed by atoms with Crippen molar-refractivity contribution < 1.29 is 0 Å². The summed E-state index contributed by atoms with van der Waals surface area (Å²) in [5.74, 6) is 1.41. The third-order valence-corrected chi connectivity index (χ3v) is 13.4. The SMILES string of the molecule is N#Cc1ccc2c(c1)c1ccccc1n2-c1cc(-c2cccc(S(c3ccccc3)(c3ccccc3)c3ccccc3)c2)nc(-c2ccccc2)n1. The van der Waals surface area contributed by atoms with Crippen molar-refractivity contribution in [2.45, 2.75) is 19.6 Å². The number of hydrogen-bond donors (Lipinski definition) is 0. The lowest BCUT2D eigenvalue weighted by molar-refractivity contribution is 1.05. The van der Waals surface area contributed by atoms with E-state index in [0.29, 0.717) is 11.4 Å². The summed E-state index contributed by atoms with van der Waals surface area (Å²) in [6.07, 6.45) is 0. The fourth-order valence-corrected chi connectivity index (χ4v) is 11.2. The number of nitriles is 1. The van der Waals surface area contributed by atoms with Crippen LogP contribution in [-0.4, -0.2) is 14.5 Å². The Kier molecular flexibility index (Phi) is 7.93. The van der Waals surface area contributed by atoms with Crippen LogP contribution in [0.1, 0.15) is 5.56 Å². The Hall–Kier alpha value is -6.74. The van der Waals surface area contributed by atoms with Gasteiger partial charge >= 0.3 is 0 Å². The number of rotatable bonds is 7.